The van der Waals surface area contributed by atoms with Crippen molar-refractivity contribution in [2.45, 2.75) is 50.7 Å². The van der Waals surface area contributed by atoms with Crippen LogP contribution in [-0.4, -0.2) is 60.3 Å². The first-order valence-corrected chi connectivity index (χ1v) is 6.34. The van der Waals surface area contributed by atoms with Crippen LogP contribution in [0, 0.1) is 0 Å². The Morgan fingerprint density at radius 1 is 1.19 bits per heavy atom. The molecule has 3 nitrogen and oxygen atoms in total. The first-order chi connectivity index (χ1) is 7.25. The van der Waals surface area contributed by atoms with Gasteiger partial charge in [0.05, 0.1) is 5.60 Å². The van der Waals surface area contributed by atoms with Crippen LogP contribution >= 0.6 is 0 Å². The maximum Gasteiger partial charge on any atom is 0.0603 e. The molecule has 0 unspecified atom stereocenters. The summed E-state index contributed by atoms with van der Waals surface area (Å²) in [4.78, 5) is 4.73. The minimum absolute atomic E-state index is 0.397. The van der Waals surface area contributed by atoms with Crippen LogP contribution < -0.4 is 0 Å². The Bertz CT molecular complexity index is 216. The summed E-state index contributed by atoms with van der Waals surface area (Å²) < 4.78 is 0. The third kappa shape index (κ3) is 3.72. The Kier molecular flexibility index (Phi) is 4.38. The van der Waals surface area contributed by atoms with Crippen LogP contribution in [0.2, 0.25) is 0 Å². The van der Waals surface area contributed by atoms with Crippen molar-refractivity contribution in [2.24, 2.45) is 0 Å². The Labute approximate surface area is 100 Å². The van der Waals surface area contributed by atoms with Gasteiger partial charge in [-0.15, -0.1) is 0 Å². The molecule has 1 fully saturated rings. The Morgan fingerprint density at radius 3 is 2.06 bits per heavy atom. The third-order valence-electron chi connectivity index (χ3n) is 3.90. The molecule has 16 heavy (non-hydrogen) atoms. The molecule has 1 N–H and O–H groups in total. The Morgan fingerprint density at radius 2 is 1.75 bits per heavy atom. The van der Waals surface area contributed by atoms with Gasteiger partial charge in [0.2, 0.25) is 0 Å². The van der Waals surface area contributed by atoms with E-state index in [0.717, 1.165) is 19.5 Å². The zero-order valence-electron chi connectivity index (χ0n) is 11.6. The number of hydrogen-bond acceptors (Lipinski definition) is 3. The average Bonchev–Trinajstić information content (AvgIpc) is 2.06. The first-order valence-electron chi connectivity index (χ1n) is 6.34. The van der Waals surface area contributed by atoms with Gasteiger partial charge < -0.3 is 14.9 Å². The molecule has 3 heteroatoms. The Balaban J connectivity index is 2.35. The maximum atomic E-state index is 9.71. The van der Waals surface area contributed by atoms with Gasteiger partial charge >= 0.3 is 0 Å². The predicted octanol–water partition coefficient (Wildman–Crippen LogP) is 1.56. The summed E-state index contributed by atoms with van der Waals surface area (Å²) in [5.74, 6) is 0. The van der Waals surface area contributed by atoms with Crippen molar-refractivity contribution in [3.05, 3.63) is 0 Å². The number of likely N-dealkylation sites (N-methyl/N-ethyl adjacent to an activating group) is 2. The monoisotopic (exact) mass is 228 g/mol. The summed E-state index contributed by atoms with van der Waals surface area (Å²) >= 11 is 0. The highest BCUT2D eigenvalue weighted by atomic mass is 16.3. The van der Waals surface area contributed by atoms with Gasteiger partial charge in [0.15, 0.2) is 0 Å². The SMILES string of the molecule is CN(CCC(C)(C)O)CC1(N(C)C)CCC1. The van der Waals surface area contributed by atoms with E-state index in [4.69, 9.17) is 0 Å². The van der Waals surface area contributed by atoms with Crippen molar-refractivity contribution in [1.29, 1.82) is 0 Å². The molecule has 0 radical (unpaired) electrons. The second-order valence-electron chi connectivity index (χ2n) is 6.27. The standard InChI is InChI=1S/C13H28N2O/c1-12(2,16)9-10-15(5)11-13(14(3)4)7-6-8-13/h16H,6-11H2,1-5H3. The molecule has 0 bridgehead atoms. The summed E-state index contributed by atoms with van der Waals surface area (Å²) in [5, 5.41) is 9.71. The molecule has 0 aromatic carbocycles. The predicted molar refractivity (Wildman–Crippen MR) is 68.7 cm³/mol. The Hall–Kier alpha value is -0.120. The topological polar surface area (TPSA) is 26.7 Å². The van der Waals surface area contributed by atoms with E-state index in [1.54, 1.807) is 0 Å². The molecule has 1 aliphatic rings. The van der Waals surface area contributed by atoms with Gasteiger partial charge in [-0.3, -0.25) is 0 Å². The van der Waals surface area contributed by atoms with Crippen molar-refractivity contribution >= 4 is 0 Å². The fourth-order valence-electron chi connectivity index (χ4n) is 2.38. The quantitative estimate of drug-likeness (QED) is 0.747. The summed E-state index contributed by atoms with van der Waals surface area (Å²) in [6.45, 7) is 5.85. The second-order valence-corrected chi connectivity index (χ2v) is 6.27. The van der Waals surface area contributed by atoms with Crippen molar-refractivity contribution in [1.82, 2.24) is 9.80 Å². The van der Waals surface area contributed by atoms with E-state index in [1.807, 2.05) is 13.8 Å². The average molecular weight is 228 g/mol. The van der Waals surface area contributed by atoms with Gasteiger partial charge in [-0.2, -0.15) is 0 Å². The number of rotatable bonds is 6. The van der Waals surface area contributed by atoms with Crippen LogP contribution in [0.15, 0.2) is 0 Å². The lowest BCUT2D eigenvalue weighted by atomic mass is 9.75. The molecule has 0 atom stereocenters. The van der Waals surface area contributed by atoms with Crippen molar-refractivity contribution in [3.63, 3.8) is 0 Å². The summed E-state index contributed by atoms with van der Waals surface area (Å²) in [7, 11) is 6.53. The molecular formula is C13H28N2O. The highest BCUT2D eigenvalue weighted by Crippen LogP contribution is 2.36. The van der Waals surface area contributed by atoms with Crippen LogP contribution in [0.4, 0.5) is 0 Å². The molecule has 0 spiro atoms. The minimum Gasteiger partial charge on any atom is -0.390 e. The number of aliphatic hydroxyl groups is 1. The third-order valence-corrected chi connectivity index (χ3v) is 3.90. The van der Waals surface area contributed by atoms with E-state index in [-0.39, 0.29) is 0 Å². The van der Waals surface area contributed by atoms with Crippen LogP contribution in [0.5, 0.6) is 0 Å². The smallest absolute Gasteiger partial charge is 0.0603 e. The molecular weight excluding hydrogens is 200 g/mol. The van der Waals surface area contributed by atoms with Crippen LogP contribution in [0.1, 0.15) is 39.5 Å². The fraction of sp³-hybridized carbons (Fsp3) is 1.00. The lowest BCUT2D eigenvalue weighted by Crippen LogP contribution is -2.56. The van der Waals surface area contributed by atoms with Crippen LogP contribution in [0.3, 0.4) is 0 Å². The molecule has 96 valence electrons. The number of hydrogen-bond donors (Lipinski definition) is 1. The largest absolute Gasteiger partial charge is 0.390 e. The molecule has 0 aromatic rings. The van der Waals surface area contributed by atoms with E-state index >= 15 is 0 Å². The van der Waals surface area contributed by atoms with Crippen LogP contribution in [-0.2, 0) is 0 Å². The molecule has 0 aliphatic heterocycles. The fourth-order valence-corrected chi connectivity index (χ4v) is 2.38. The normalized spacial score (nSPS) is 20.2. The first kappa shape index (κ1) is 13.9. The lowest BCUT2D eigenvalue weighted by Gasteiger charge is -2.49. The van der Waals surface area contributed by atoms with E-state index < -0.39 is 5.60 Å². The zero-order chi connectivity index (χ0) is 12.4. The second kappa shape index (κ2) is 5.03. The van der Waals surface area contributed by atoms with Gasteiger partial charge in [0.1, 0.15) is 0 Å². The van der Waals surface area contributed by atoms with Crippen molar-refractivity contribution in [3.8, 4) is 0 Å². The molecule has 0 saturated heterocycles. The van der Waals surface area contributed by atoms with E-state index in [1.165, 1.54) is 19.3 Å². The van der Waals surface area contributed by atoms with E-state index in [2.05, 4.69) is 30.9 Å². The van der Waals surface area contributed by atoms with Gasteiger partial charge in [0.25, 0.3) is 0 Å². The van der Waals surface area contributed by atoms with E-state index in [0.29, 0.717) is 5.54 Å². The zero-order valence-corrected chi connectivity index (χ0v) is 11.6. The van der Waals surface area contributed by atoms with Gasteiger partial charge in [0, 0.05) is 18.6 Å². The van der Waals surface area contributed by atoms with E-state index in [9.17, 15) is 5.11 Å². The van der Waals surface area contributed by atoms with Crippen LogP contribution in [0.25, 0.3) is 0 Å². The van der Waals surface area contributed by atoms with Crippen molar-refractivity contribution < 1.29 is 5.11 Å². The molecule has 0 heterocycles. The minimum atomic E-state index is -0.543. The lowest BCUT2D eigenvalue weighted by molar-refractivity contribution is 0.0149. The molecule has 0 aromatic heterocycles. The molecule has 1 rings (SSSR count). The summed E-state index contributed by atoms with van der Waals surface area (Å²) in [5.41, 5.74) is -0.145. The van der Waals surface area contributed by atoms with Gasteiger partial charge in [-0.1, -0.05) is 0 Å². The summed E-state index contributed by atoms with van der Waals surface area (Å²) in [6, 6.07) is 0. The van der Waals surface area contributed by atoms with Gasteiger partial charge in [-0.05, 0) is 60.7 Å². The summed E-state index contributed by atoms with van der Waals surface area (Å²) in [6.07, 6.45) is 4.82. The molecule has 0 amide bonds. The van der Waals surface area contributed by atoms with Gasteiger partial charge in [-0.25, -0.2) is 0 Å². The van der Waals surface area contributed by atoms with Crippen molar-refractivity contribution in [2.75, 3.05) is 34.2 Å². The molecule has 1 saturated carbocycles. The maximum absolute atomic E-state index is 9.71. The number of nitrogens with zero attached hydrogens (tertiary/aromatic N) is 2. The highest BCUT2D eigenvalue weighted by molar-refractivity contribution is 4.97. The molecule has 1 aliphatic carbocycles. The highest BCUT2D eigenvalue weighted by Gasteiger charge is 2.39.